The predicted octanol–water partition coefficient (Wildman–Crippen LogP) is 2.47. The summed E-state index contributed by atoms with van der Waals surface area (Å²) in [6.07, 6.45) is 11.4. The van der Waals surface area contributed by atoms with Crippen LogP contribution in [0.25, 0.3) is 0 Å². The molecule has 4 bridgehead atoms. The summed E-state index contributed by atoms with van der Waals surface area (Å²) in [5.41, 5.74) is 0.0702. The topological polar surface area (TPSA) is 49.4 Å². The van der Waals surface area contributed by atoms with Gasteiger partial charge >= 0.3 is 0 Å². The van der Waals surface area contributed by atoms with Crippen molar-refractivity contribution < 1.29 is 9.59 Å². The van der Waals surface area contributed by atoms with Crippen LogP contribution in [0.4, 0.5) is 0 Å². The summed E-state index contributed by atoms with van der Waals surface area (Å²) in [5, 5.41) is 3.38. The van der Waals surface area contributed by atoms with E-state index in [4.69, 9.17) is 0 Å². The SMILES string of the molecule is O=C(CN1CCCCCC1=O)NC12CC3CC(CC(C3)C1)C2. The van der Waals surface area contributed by atoms with Crippen LogP contribution in [0.3, 0.4) is 0 Å². The third-order valence-electron chi connectivity index (χ3n) is 6.45. The molecule has 5 rings (SSSR count). The summed E-state index contributed by atoms with van der Waals surface area (Å²) < 4.78 is 0. The molecule has 4 saturated carbocycles. The van der Waals surface area contributed by atoms with E-state index in [2.05, 4.69) is 5.32 Å². The standard InChI is InChI=1S/C18H28N2O2/c21-16(12-20-5-3-1-2-4-17(20)22)19-18-9-13-6-14(10-18)8-15(7-13)11-18/h13-15H,1-12H2,(H,19,21). The van der Waals surface area contributed by atoms with Gasteiger partial charge in [-0.05, 0) is 69.1 Å². The zero-order valence-electron chi connectivity index (χ0n) is 13.5. The number of hydrogen-bond donors (Lipinski definition) is 1. The van der Waals surface area contributed by atoms with E-state index in [1.807, 2.05) is 0 Å². The van der Waals surface area contributed by atoms with Gasteiger partial charge in [0, 0.05) is 18.5 Å². The summed E-state index contributed by atoms with van der Waals surface area (Å²) in [6.45, 7) is 1.04. The molecule has 1 aliphatic heterocycles. The Kier molecular flexibility index (Phi) is 3.66. The van der Waals surface area contributed by atoms with Crippen LogP contribution in [0.2, 0.25) is 0 Å². The van der Waals surface area contributed by atoms with Gasteiger partial charge in [-0.25, -0.2) is 0 Å². The highest BCUT2D eigenvalue weighted by molar-refractivity contribution is 5.85. The molecule has 0 atom stereocenters. The number of nitrogens with zero attached hydrogens (tertiary/aromatic N) is 1. The Balaban J connectivity index is 1.38. The van der Waals surface area contributed by atoms with Crippen LogP contribution in [0.15, 0.2) is 0 Å². The molecule has 0 unspecified atom stereocenters. The second-order valence-corrected chi connectivity index (χ2v) is 8.37. The zero-order valence-corrected chi connectivity index (χ0v) is 13.5. The minimum Gasteiger partial charge on any atom is -0.349 e. The number of carbonyl (C=O) groups is 2. The summed E-state index contributed by atoms with van der Waals surface area (Å²) in [5.74, 6) is 2.76. The second-order valence-electron chi connectivity index (χ2n) is 8.37. The Hall–Kier alpha value is -1.06. The summed E-state index contributed by atoms with van der Waals surface area (Å²) >= 11 is 0. The van der Waals surface area contributed by atoms with Crippen molar-refractivity contribution in [3.63, 3.8) is 0 Å². The molecule has 1 N–H and O–H groups in total. The summed E-state index contributed by atoms with van der Waals surface area (Å²) in [6, 6.07) is 0. The third kappa shape index (κ3) is 2.77. The van der Waals surface area contributed by atoms with E-state index in [9.17, 15) is 9.59 Å². The van der Waals surface area contributed by atoms with E-state index in [1.54, 1.807) is 4.90 Å². The number of rotatable bonds is 3. The van der Waals surface area contributed by atoms with Crippen molar-refractivity contribution in [1.29, 1.82) is 0 Å². The van der Waals surface area contributed by atoms with E-state index in [0.29, 0.717) is 6.42 Å². The van der Waals surface area contributed by atoms with Crippen molar-refractivity contribution in [2.24, 2.45) is 17.8 Å². The molecule has 1 saturated heterocycles. The normalized spacial score (nSPS) is 40.6. The average molecular weight is 304 g/mol. The number of nitrogens with one attached hydrogen (secondary N) is 1. The minimum atomic E-state index is 0.0702. The lowest BCUT2D eigenvalue weighted by Gasteiger charge is -2.57. The first kappa shape index (κ1) is 14.5. The van der Waals surface area contributed by atoms with Gasteiger partial charge in [0.1, 0.15) is 0 Å². The molecule has 0 radical (unpaired) electrons. The smallest absolute Gasteiger partial charge is 0.240 e. The van der Waals surface area contributed by atoms with E-state index in [1.165, 1.54) is 38.5 Å². The van der Waals surface area contributed by atoms with Gasteiger partial charge in [-0.15, -0.1) is 0 Å². The fourth-order valence-electron chi connectivity index (χ4n) is 5.98. The van der Waals surface area contributed by atoms with Crippen molar-refractivity contribution in [2.75, 3.05) is 13.1 Å². The fourth-order valence-corrected chi connectivity index (χ4v) is 5.98. The Morgan fingerprint density at radius 3 is 2.32 bits per heavy atom. The largest absolute Gasteiger partial charge is 0.349 e. The predicted molar refractivity (Wildman–Crippen MR) is 84.1 cm³/mol. The molecular weight excluding hydrogens is 276 g/mol. The Morgan fingerprint density at radius 2 is 1.68 bits per heavy atom. The van der Waals surface area contributed by atoms with E-state index >= 15 is 0 Å². The van der Waals surface area contributed by atoms with Crippen molar-refractivity contribution >= 4 is 11.8 Å². The Bertz CT molecular complexity index is 438. The highest BCUT2D eigenvalue weighted by Crippen LogP contribution is 2.55. The lowest BCUT2D eigenvalue weighted by atomic mass is 9.53. The minimum absolute atomic E-state index is 0.0702. The van der Waals surface area contributed by atoms with Gasteiger partial charge in [-0.2, -0.15) is 0 Å². The maximum Gasteiger partial charge on any atom is 0.240 e. The second kappa shape index (κ2) is 5.54. The molecule has 5 aliphatic rings. The van der Waals surface area contributed by atoms with Crippen molar-refractivity contribution in [3.8, 4) is 0 Å². The molecule has 2 amide bonds. The quantitative estimate of drug-likeness (QED) is 0.871. The molecule has 4 nitrogen and oxygen atoms in total. The molecule has 0 spiro atoms. The van der Waals surface area contributed by atoms with Crippen molar-refractivity contribution in [3.05, 3.63) is 0 Å². The maximum atomic E-state index is 12.5. The van der Waals surface area contributed by atoms with Gasteiger partial charge in [0.2, 0.25) is 11.8 Å². The number of likely N-dealkylation sites (tertiary alicyclic amines) is 1. The van der Waals surface area contributed by atoms with Crippen LogP contribution in [0, 0.1) is 17.8 Å². The first-order valence-electron chi connectivity index (χ1n) is 9.21. The molecule has 1 heterocycles. The van der Waals surface area contributed by atoms with Gasteiger partial charge < -0.3 is 10.2 Å². The summed E-state index contributed by atoms with van der Waals surface area (Å²) in [4.78, 5) is 26.4. The van der Waals surface area contributed by atoms with E-state index < -0.39 is 0 Å². The molecule has 5 fully saturated rings. The number of hydrogen-bond acceptors (Lipinski definition) is 2. The van der Waals surface area contributed by atoms with Gasteiger partial charge in [0.05, 0.1) is 6.54 Å². The van der Waals surface area contributed by atoms with E-state index in [-0.39, 0.29) is 23.9 Å². The lowest BCUT2D eigenvalue weighted by molar-refractivity contribution is -0.137. The van der Waals surface area contributed by atoms with Gasteiger partial charge in [0.25, 0.3) is 0 Å². The van der Waals surface area contributed by atoms with Crippen molar-refractivity contribution in [1.82, 2.24) is 10.2 Å². The van der Waals surface area contributed by atoms with Crippen LogP contribution in [0.1, 0.15) is 64.2 Å². The van der Waals surface area contributed by atoms with Gasteiger partial charge in [-0.1, -0.05) is 6.42 Å². The maximum absolute atomic E-state index is 12.5. The summed E-state index contributed by atoms with van der Waals surface area (Å²) in [7, 11) is 0. The lowest BCUT2D eigenvalue weighted by Crippen LogP contribution is -2.61. The van der Waals surface area contributed by atoms with Gasteiger partial charge in [-0.3, -0.25) is 9.59 Å². The monoisotopic (exact) mass is 304 g/mol. The molecule has 0 aromatic carbocycles. The Labute approximate surface area is 133 Å². The van der Waals surface area contributed by atoms with Crippen molar-refractivity contribution in [2.45, 2.75) is 69.7 Å². The van der Waals surface area contributed by atoms with E-state index in [0.717, 1.165) is 43.6 Å². The molecule has 0 aromatic rings. The molecular formula is C18H28N2O2. The highest BCUT2D eigenvalue weighted by Gasteiger charge is 2.51. The first-order valence-corrected chi connectivity index (χ1v) is 9.21. The third-order valence-corrected chi connectivity index (χ3v) is 6.45. The molecule has 4 heteroatoms. The van der Waals surface area contributed by atoms with Crippen LogP contribution < -0.4 is 5.32 Å². The molecule has 22 heavy (non-hydrogen) atoms. The highest BCUT2D eigenvalue weighted by atomic mass is 16.2. The first-order chi connectivity index (χ1) is 10.6. The fraction of sp³-hybridized carbons (Fsp3) is 0.889. The van der Waals surface area contributed by atoms with Gasteiger partial charge in [0.15, 0.2) is 0 Å². The van der Waals surface area contributed by atoms with Crippen LogP contribution in [-0.4, -0.2) is 35.3 Å². The number of carbonyl (C=O) groups excluding carboxylic acids is 2. The van der Waals surface area contributed by atoms with Crippen LogP contribution in [0.5, 0.6) is 0 Å². The zero-order chi connectivity index (χ0) is 15.2. The molecule has 122 valence electrons. The molecule has 0 aromatic heterocycles. The average Bonchev–Trinajstić information content (AvgIpc) is 2.62. The van der Waals surface area contributed by atoms with Crippen LogP contribution in [-0.2, 0) is 9.59 Å². The van der Waals surface area contributed by atoms with Crippen LogP contribution >= 0.6 is 0 Å². The Morgan fingerprint density at radius 1 is 1.05 bits per heavy atom. The molecule has 4 aliphatic carbocycles. The number of amides is 2.